The van der Waals surface area contributed by atoms with E-state index < -0.39 is 17.9 Å². The maximum absolute atomic E-state index is 11.5. The Labute approximate surface area is 112 Å². The average molecular weight is 280 g/mol. The maximum Gasteiger partial charge on any atom is 0.271 e. The lowest BCUT2D eigenvalue weighted by atomic mass is 10.3. The Morgan fingerprint density at radius 3 is 1.85 bits per heavy atom. The van der Waals surface area contributed by atoms with Crippen molar-refractivity contribution >= 4 is 11.8 Å². The Kier molecular flexibility index (Phi) is 4.34. The van der Waals surface area contributed by atoms with Crippen molar-refractivity contribution in [2.75, 3.05) is 13.1 Å². The quantitative estimate of drug-likeness (QED) is 0.389. The molecular weight excluding hydrogens is 268 g/mol. The highest BCUT2D eigenvalue weighted by Crippen LogP contribution is 1.90. The summed E-state index contributed by atoms with van der Waals surface area (Å²) in [5.74, 6) is -0.892. The number of carbonyl (C=O) groups is 2. The number of nitrogens with one attached hydrogen (secondary N) is 4. The van der Waals surface area contributed by atoms with Crippen LogP contribution in [-0.4, -0.2) is 66.9 Å². The van der Waals surface area contributed by atoms with Gasteiger partial charge in [-0.1, -0.05) is 10.4 Å². The number of aliphatic hydroxyl groups excluding tert-OH is 1. The maximum atomic E-state index is 11.5. The van der Waals surface area contributed by atoms with Crippen LogP contribution in [0, 0.1) is 0 Å². The third-order valence-corrected chi connectivity index (χ3v) is 2.32. The summed E-state index contributed by atoms with van der Waals surface area (Å²) in [6.07, 6.45) is 1.58. The van der Waals surface area contributed by atoms with Gasteiger partial charge in [-0.2, -0.15) is 0 Å². The second kappa shape index (κ2) is 6.38. The lowest BCUT2D eigenvalue weighted by Crippen LogP contribution is -2.40. The Morgan fingerprint density at radius 1 is 1.05 bits per heavy atom. The first-order valence-electron chi connectivity index (χ1n) is 5.63. The molecule has 2 aromatic heterocycles. The van der Waals surface area contributed by atoms with Gasteiger partial charge in [0.05, 0.1) is 18.5 Å². The molecule has 0 aromatic carbocycles. The molecule has 0 aliphatic carbocycles. The van der Waals surface area contributed by atoms with Crippen LogP contribution >= 0.6 is 0 Å². The van der Waals surface area contributed by atoms with Gasteiger partial charge in [-0.25, -0.2) is 0 Å². The zero-order valence-corrected chi connectivity index (χ0v) is 10.2. The second-order valence-corrected chi connectivity index (χ2v) is 3.81. The summed E-state index contributed by atoms with van der Waals surface area (Å²) in [5.41, 5.74) is 0.370. The van der Waals surface area contributed by atoms with Gasteiger partial charge in [0.1, 0.15) is 11.4 Å². The fourth-order valence-corrected chi connectivity index (χ4v) is 1.30. The molecule has 2 amide bonds. The van der Waals surface area contributed by atoms with Crippen LogP contribution in [0.25, 0.3) is 0 Å². The SMILES string of the molecule is O=C(NCC(O)CNC(=O)c1cnn[nH]1)c1cnn[nH]1. The average Bonchev–Trinajstić information content (AvgIpc) is 3.14. The summed E-state index contributed by atoms with van der Waals surface area (Å²) < 4.78 is 0. The first-order valence-corrected chi connectivity index (χ1v) is 5.63. The van der Waals surface area contributed by atoms with E-state index in [9.17, 15) is 14.7 Å². The molecule has 0 spiro atoms. The Bertz CT molecular complexity index is 502. The molecule has 0 saturated heterocycles. The molecule has 20 heavy (non-hydrogen) atoms. The van der Waals surface area contributed by atoms with Gasteiger partial charge in [0.25, 0.3) is 11.8 Å². The van der Waals surface area contributed by atoms with Crippen molar-refractivity contribution in [3.8, 4) is 0 Å². The van der Waals surface area contributed by atoms with E-state index in [1.54, 1.807) is 0 Å². The Hall–Kier alpha value is -2.82. The summed E-state index contributed by atoms with van der Waals surface area (Å²) in [6, 6.07) is 0. The standard InChI is InChI=1S/C9H12N8O3/c18-5(1-10-8(19)6-3-12-16-14-6)2-11-9(20)7-4-13-17-15-7/h3-5,18H,1-2H2,(H,10,19)(H,11,20)(H,12,14,16)(H,13,15,17). The van der Waals surface area contributed by atoms with Gasteiger partial charge in [-0.05, 0) is 0 Å². The predicted molar refractivity (Wildman–Crippen MR) is 63.4 cm³/mol. The van der Waals surface area contributed by atoms with Crippen molar-refractivity contribution < 1.29 is 14.7 Å². The van der Waals surface area contributed by atoms with Crippen LogP contribution in [0.2, 0.25) is 0 Å². The van der Waals surface area contributed by atoms with Crippen LogP contribution in [0.4, 0.5) is 0 Å². The van der Waals surface area contributed by atoms with Crippen LogP contribution in [0.1, 0.15) is 21.0 Å². The van der Waals surface area contributed by atoms with Gasteiger partial charge in [0, 0.05) is 13.1 Å². The molecule has 0 aliphatic heterocycles. The number of carbonyl (C=O) groups excluding carboxylic acids is 2. The van der Waals surface area contributed by atoms with Crippen molar-refractivity contribution in [2.45, 2.75) is 6.10 Å². The van der Waals surface area contributed by atoms with Crippen LogP contribution in [0.15, 0.2) is 12.4 Å². The fourth-order valence-electron chi connectivity index (χ4n) is 1.30. The smallest absolute Gasteiger partial charge is 0.271 e. The van der Waals surface area contributed by atoms with Crippen molar-refractivity contribution in [3.05, 3.63) is 23.8 Å². The number of aromatic amines is 2. The third kappa shape index (κ3) is 3.58. The highest BCUT2D eigenvalue weighted by atomic mass is 16.3. The summed E-state index contributed by atoms with van der Waals surface area (Å²) in [4.78, 5) is 23.0. The molecule has 11 heteroatoms. The molecule has 0 aliphatic rings. The van der Waals surface area contributed by atoms with Crippen LogP contribution in [0.5, 0.6) is 0 Å². The van der Waals surface area contributed by atoms with Crippen LogP contribution in [0.3, 0.4) is 0 Å². The Balaban J connectivity index is 1.69. The van der Waals surface area contributed by atoms with Gasteiger partial charge in [0.15, 0.2) is 0 Å². The number of hydrogen-bond donors (Lipinski definition) is 5. The zero-order chi connectivity index (χ0) is 14.4. The molecular formula is C9H12N8O3. The molecule has 0 radical (unpaired) electrons. The molecule has 2 aromatic rings. The summed E-state index contributed by atoms with van der Waals surface area (Å²) in [6.45, 7) is -0.0568. The molecule has 0 fully saturated rings. The van der Waals surface area contributed by atoms with E-state index in [1.165, 1.54) is 12.4 Å². The number of aromatic nitrogens is 6. The van der Waals surface area contributed by atoms with E-state index in [2.05, 4.69) is 41.5 Å². The first-order chi connectivity index (χ1) is 9.66. The second-order valence-electron chi connectivity index (χ2n) is 3.81. The van der Waals surface area contributed by atoms with E-state index >= 15 is 0 Å². The normalized spacial score (nSPS) is 10.5. The molecule has 11 nitrogen and oxygen atoms in total. The van der Waals surface area contributed by atoms with Crippen molar-refractivity contribution in [3.63, 3.8) is 0 Å². The van der Waals surface area contributed by atoms with Crippen LogP contribution in [-0.2, 0) is 0 Å². The molecule has 5 N–H and O–H groups in total. The third-order valence-electron chi connectivity index (χ3n) is 2.32. The van der Waals surface area contributed by atoms with E-state index in [4.69, 9.17) is 0 Å². The Morgan fingerprint density at radius 2 is 1.50 bits per heavy atom. The number of rotatable bonds is 6. The molecule has 0 saturated carbocycles. The molecule has 106 valence electrons. The van der Waals surface area contributed by atoms with Gasteiger partial charge in [0.2, 0.25) is 0 Å². The summed E-state index contributed by atoms with van der Waals surface area (Å²) in [5, 5.41) is 33.0. The minimum atomic E-state index is -0.935. The number of aliphatic hydroxyl groups is 1. The number of nitrogens with zero attached hydrogens (tertiary/aromatic N) is 4. The lowest BCUT2D eigenvalue weighted by Gasteiger charge is -2.11. The summed E-state index contributed by atoms with van der Waals surface area (Å²) in [7, 11) is 0. The highest BCUT2D eigenvalue weighted by Gasteiger charge is 2.13. The van der Waals surface area contributed by atoms with E-state index in [-0.39, 0.29) is 24.5 Å². The molecule has 2 heterocycles. The minimum absolute atomic E-state index is 0.0284. The molecule has 0 atom stereocenters. The van der Waals surface area contributed by atoms with E-state index in [0.29, 0.717) is 0 Å². The molecule has 2 rings (SSSR count). The van der Waals surface area contributed by atoms with Gasteiger partial charge >= 0.3 is 0 Å². The van der Waals surface area contributed by atoms with Gasteiger partial charge in [-0.15, -0.1) is 10.2 Å². The van der Waals surface area contributed by atoms with E-state index in [1.807, 2.05) is 0 Å². The predicted octanol–water partition coefficient (Wildman–Crippen LogP) is -2.56. The van der Waals surface area contributed by atoms with Gasteiger partial charge in [-0.3, -0.25) is 19.8 Å². The van der Waals surface area contributed by atoms with Crippen molar-refractivity contribution in [2.24, 2.45) is 0 Å². The summed E-state index contributed by atoms with van der Waals surface area (Å²) >= 11 is 0. The number of hydrogen-bond acceptors (Lipinski definition) is 7. The zero-order valence-electron chi connectivity index (χ0n) is 10.2. The first kappa shape index (κ1) is 13.6. The van der Waals surface area contributed by atoms with Crippen molar-refractivity contribution in [1.82, 2.24) is 41.5 Å². The monoisotopic (exact) mass is 280 g/mol. The molecule has 0 bridgehead atoms. The number of H-pyrrole nitrogens is 2. The fraction of sp³-hybridized carbons (Fsp3) is 0.333. The molecule has 0 unspecified atom stereocenters. The van der Waals surface area contributed by atoms with Crippen LogP contribution < -0.4 is 10.6 Å². The lowest BCUT2D eigenvalue weighted by molar-refractivity contribution is 0.0880. The highest BCUT2D eigenvalue weighted by molar-refractivity contribution is 5.92. The topological polar surface area (TPSA) is 162 Å². The van der Waals surface area contributed by atoms with Gasteiger partial charge < -0.3 is 15.7 Å². The van der Waals surface area contributed by atoms with E-state index in [0.717, 1.165) is 0 Å². The largest absolute Gasteiger partial charge is 0.389 e. The number of amides is 2. The van der Waals surface area contributed by atoms with Crippen molar-refractivity contribution in [1.29, 1.82) is 0 Å². The minimum Gasteiger partial charge on any atom is -0.389 e.